The molecule has 6 amide bonds. The molecule has 3 atom stereocenters. The van der Waals surface area contributed by atoms with Crippen molar-refractivity contribution in [3.8, 4) is 0 Å². The van der Waals surface area contributed by atoms with Crippen LogP contribution < -0.4 is 49.5 Å². The normalized spacial score (nSPS) is 13.0. The van der Waals surface area contributed by atoms with Crippen molar-refractivity contribution < 1.29 is 24.0 Å². The minimum atomic E-state index is -1.76. The number of carbonyl (C=O) groups is 5. The van der Waals surface area contributed by atoms with Crippen LogP contribution in [0.25, 0.3) is 0 Å². The topological polar surface area (TPSA) is 262 Å². The number of guanidine groups is 1. The predicted molar refractivity (Wildman–Crippen MR) is 182 cm³/mol. The Bertz CT molecular complexity index is 1150. The van der Waals surface area contributed by atoms with Crippen LogP contribution in [0.3, 0.4) is 0 Å². The van der Waals surface area contributed by atoms with Crippen LogP contribution in [0.2, 0.25) is 19.1 Å². The number of benzene rings is 1. The van der Waals surface area contributed by atoms with Gasteiger partial charge in [-0.3, -0.25) is 24.2 Å². The van der Waals surface area contributed by atoms with E-state index in [0.717, 1.165) is 18.0 Å². The van der Waals surface area contributed by atoms with Gasteiger partial charge in [0.1, 0.15) is 18.1 Å². The molecule has 0 bridgehead atoms. The highest BCUT2D eigenvalue weighted by Crippen LogP contribution is 2.15. The molecule has 0 heterocycles. The summed E-state index contributed by atoms with van der Waals surface area (Å²) in [6.07, 6.45) is 2.93. The average molecular weight is 683 g/mol. The summed E-state index contributed by atoms with van der Waals surface area (Å²) in [7, 11) is -1.76. The van der Waals surface area contributed by atoms with Crippen LogP contribution in [0.15, 0.2) is 35.3 Å². The Labute approximate surface area is 276 Å². The number of hydrogen-bond donors (Lipinski definition) is 9. The summed E-state index contributed by atoms with van der Waals surface area (Å²) in [5.74, 6) is -2.69. The first-order valence-electron chi connectivity index (χ1n) is 15.4. The van der Waals surface area contributed by atoms with Gasteiger partial charge in [-0.15, -0.1) is 0 Å². The Balaban J connectivity index is 2.85. The van der Waals surface area contributed by atoms with Crippen molar-refractivity contribution in [2.24, 2.45) is 27.9 Å². The Hall–Kier alpha value is -3.89. The first-order valence-corrected chi connectivity index (χ1v) is 19.6. The average Bonchev–Trinajstić information content (AvgIpc) is 2.98. The van der Waals surface area contributed by atoms with Gasteiger partial charge in [0.15, 0.2) is 13.3 Å². The highest BCUT2D eigenvalue weighted by molar-refractivity contribution is 7.19. The molecule has 1 aromatic rings. The third-order valence-electron chi connectivity index (χ3n) is 6.77. The fraction of sp³-hybridized carbons (Fsp3) is 0.586. The number of carbonyl (C=O) groups excluding carboxylic acids is 5. The van der Waals surface area contributed by atoms with Crippen LogP contribution in [0.4, 0.5) is 4.79 Å². The minimum Gasteiger partial charge on any atom is -0.370 e. The minimum absolute atomic E-state index is 0.0955. The van der Waals surface area contributed by atoms with Crippen LogP contribution in [0.5, 0.6) is 0 Å². The van der Waals surface area contributed by atoms with Crippen molar-refractivity contribution in [2.75, 3.05) is 26.2 Å². The third kappa shape index (κ3) is 18.8. The first-order chi connectivity index (χ1) is 21.7. The van der Waals surface area contributed by atoms with Crippen molar-refractivity contribution >= 4 is 54.1 Å². The maximum Gasteiger partial charge on any atom is 0.315 e. The zero-order valence-electron chi connectivity index (χ0n) is 26.8. The fourth-order valence-corrected chi connectivity index (χ4v) is 5.76. The molecule has 1 aromatic carbocycles. The van der Waals surface area contributed by atoms with Crippen LogP contribution in [0.1, 0.15) is 44.1 Å². The largest absolute Gasteiger partial charge is 0.370 e. The molecule has 13 N–H and O–H groups in total. The fourth-order valence-electron chi connectivity index (χ4n) is 4.34. The Morgan fingerprint density at radius 1 is 0.826 bits per heavy atom. The maximum absolute atomic E-state index is 13.3. The van der Waals surface area contributed by atoms with E-state index in [4.69, 9.17) is 34.0 Å². The van der Waals surface area contributed by atoms with E-state index in [-0.39, 0.29) is 25.3 Å². The van der Waals surface area contributed by atoms with Gasteiger partial charge in [0.05, 0.1) is 6.54 Å². The van der Waals surface area contributed by atoms with Gasteiger partial charge in [0.2, 0.25) is 23.6 Å². The monoisotopic (exact) mass is 682 g/mol. The Morgan fingerprint density at radius 3 is 2.11 bits per heavy atom. The zero-order chi connectivity index (χ0) is 34.5. The molecule has 0 radical (unpaired) electrons. The van der Waals surface area contributed by atoms with Crippen LogP contribution >= 0.6 is 11.1 Å². The van der Waals surface area contributed by atoms with Crippen LogP contribution in [0, 0.1) is 0 Å². The van der Waals surface area contributed by atoms with Gasteiger partial charge in [-0.2, -0.15) is 11.1 Å². The second-order valence-electron chi connectivity index (χ2n) is 11.5. The molecule has 46 heavy (non-hydrogen) atoms. The first kappa shape index (κ1) is 40.1. The van der Waals surface area contributed by atoms with Crippen molar-refractivity contribution in [1.82, 2.24) is 26.6 Å². The number of nitrogens with zero attached hydrogens (tertiary/aromatic N) is 1. The van der Waals surface area contributed by atoms with E-state index >= 15 is 0 Å². The van der Waals surface area contributed by atoms with Gasteiger partial charge in [-0.25, -0.2) is 4.79 Å². The van der Waals surface area contributed by atoms with Gasteiger partial charge in [0, 0.05) is 19.5 Å². The molecule has 1 rings (SSSR count). The second-order valence-corrected chi connectivity index (χ2v) is 18.5. The highest BCUT2D eigenvalue weighted by atomic mass is 35.6. The smallest absolute Gasteiger partial charge is 0.315 e. The lowest BCUT2D eigenvalue weighted by Gasteiger charge is -2.23. The van der Waals surface area contributed by atoms with E-state index < -0.39 is 61.7 Å². The lowest BCUT2D eigenvalue weighted by atomic mass is 10.0. The van der Waals surface area contributed by atoms with Gasteiger partial charge < -0.3 is 49.5 Å². The summed E-state index contributed by atoms with van der Waals surface area (Å²) in [6, 6.07) is 6.27. The number of rotatable bonds is 22. The van der Waals surface area contributed by atoms with Crippen molar-refractivity contribution in [3.05, 3.63) is 35.9 Å². The molecule has 0 saturated heterocycles. The molecule has 0 aliphatic heterocycles. The number of nitrogens with one attached hydrogen (secondary N) is 5. The van der Waals surface area contributed by atoms with Crippen molar-refractivity contribution in [2.45, 2.75) is 82.2 Å². The highest BCUT2D eigenvalue weighted by Gasteiger charge is 2.27. The molecule has 0 saturated carbocycles. The number of aliphatic imine (C=N–C) groups is 1. The molecule has 0 aliphatic rings. The van der Waals surface area contributed by atoms with E-state index in [1.165, 1.54) is 0 Å². The van der Waals surface area contributed by atoms with E-state index in [1.807, 2.05) is 19.2 Å². The molecule has 0 fully saturated rings. The molecular formula is C29H51ClN10O5Si. The summed E-state index contributed by atoms with van der Waals surface area (Å²) < 4.78 is 0. The molecule has 2 unspecified atom stereocenters. The van der Waals surface area contributed by atoms with E-state index in [9.17, 15) is 24.0 Å². The zero-order valence-corrected chi connectivity index (χ0v) is 28.5. The van der Waals surface area contributed by atoms with Gasteiger partial charge in [0.25, 0.3) is 0 Å². The van der Waals surface area contributed by atoms with Crippen molar-refractivity contribution in [1.29, 1.82) is 0 Å². The number of amides is 6. The number of primary amides is 1. The summed E-state index contributed by atoms with van der Waals surface area (Å²) in [6.45, 7) is 4.67. The number of unbranched alkanes of at least 4 members (excludes halogenated alkanes) is 1. The quantitative estimate of drug-likeness (QED) is 0.0252. The molecule has 17 heteroatoms. The number of urea groups is 1. The maximum atomic E-state index is 13.3. The molecule has 258 valence electrons. The molecule has 0 aromatic heterocycles. The van der Waals surface area contributed by atoms with E-state index in [2.05, 4.69) is 31.6 Å². The van der Waals surface area contributed by atoms with Crippen molar-refractivity contribution in [3.63, 3.8) is 0 Å². The van der Waals surface area contributed by atoms with Gasteiger partial charge in [-0.1, -0.05) is 43.4 Å². The number of nitrogens with two attached hydrogens (primary N) is 4. The molecule has 15 nitrogen and oxygen atoms in total. The second kappa shape index (κ2) is 21.8. The SMILES string of the molecule is C[Si](C)(Cl)CCCNC(=O)NC(CCCCN)C(=O)NCC(=O)NC(Cc1ccccc1)C(=O)N[C@@H](CCCN=C(N)N)C(N)=O. The van der Waals surface area contributed by atoms with E-state index in [1.54, 1.807) is 24.3 Å². The van der Waals surface area contributed by atoms with E-state index in [0.29, 0.717) is 38.8 Å². The summed E-state index contributed by atoms with van der Waals surface area (Å²) in [5, 5.41) is 13.2. The lowest BCUT2D eigenvalue weighted by Crippen LogP contribution is -2.56. The lowest BCUT2D eigenvalue weighted by molar-refractivity contribution is -0.132. The number of hydrogen-bond acceptors (Lipinski definition) is 7. The standard InChI is InChI=1S/C29H51ClN10O5Si/c1-46(2,30)17-9-16-36-29(45)40-22(12-6-7-14-31)26(43)37-19-24(41)38-23(18-20-10-4-3-5-11-20)27(44)39-21(25(32)42)13-8-15-35-28(33)34/h3-5,10-11,21-23H,6-9,12-19,31H2,1-2H3,(H2,32,42)(H,37,43)(H,38,41)(H,39,44)(H4,33,34,35)(H2,36,40,45)/t21-,22?,23?/m0/s1. The summed E-state index contributed by atoms with van der Waals surface area (Å²) >= 11 is 6.32. The van der Waals surface area contributed by atoms with Gasteiger partial charge in [-0.05, 0) is 56.7 Å². The van der Waals surface area contributed by atoms with Gasteiger partial charge >= 0.3 is 6.03 Å². The van der Waals surface area contributed by atoms with Crippen LogP contribution in [-0.2, 0) is 25.6 Å². The number of halogens is 1. The van der Waals surface area contributed by atoms with Crippen LogP contribution in [-0.4, -0.2) is 87.3 Å². The molecule has 0 aliphatic carbocycles. The predicted octanol–water partition coefficient (Wildman–Crippen LogP) is -0.515. The summed E-state index contributed by atoms with van der Waals surface area (Å²) in [4.78, 5) is 67.6. The molecule has 0 spiro atoms. The Morgan fingerprint density at radius 2 is 1.50 bits per heavy atom. The Kier molecular flexibility index (Phi) is 19.0. The third-order valence-corrected chi connectivity index (χ3v) is 8.87. The summed E-state index contributed by atoms with van der Waals surface area (Å²) in [5.41, 5.74) is 22.5. The molecular weight excluding hydrogens is 632 g/mol.